The molecule has 1 saturated heterocycles. The maximum Gasteiger partial charge on any atom is 0.219 e. The lowest BCUT2D eigenvalue weighted by atomic mass is 9.65. The van der Waals surface area contributed by atoms with E-state index in [0.717, 1.165) is 43.7 Å². The molecule has 0 bridgehead atoms. The molecule has 0 aromatic heterocycles. The number of rotatable bonds is 7. The van der Waals surface area contributed by atoms with Crippen molar-refractivity contribution in [3.05, 3.63) is 29.8 Å². The Morgan fingerprint density at radius 2 is 1.92 bits per heavy atom. The standard InChI is InChI=1S/C22H35NO3/c1-17(2)22(12-14-26-21(4,5)16-22)11-13-23(18(3)24)15-19-7-9-20(25-6)10-8-19/h7-10,17H,11-16H2,1-6H3. The number of benzene rings is 1. The molecule has 1 aliphatic heterocycles. The minimum absolute atomic E-state index is 0.0838. The molecule has 1 atom stereocenters. The van der Waals surface area contributed by atoms with Gasteiger partial charge in [0.15, 0.2) is 0 Å². The SMILES string of the molecule is COc1ccc(CN(CCC2(C(C)C)CCOC(C)(C)C2)C(C)=O)cc1. The summed E-state index contributed by atoms with van der Waals surface area (Å²) >= 11 is 0. The summed E-state index contributed by atoms with van der Waals surface area (Å²) in [6.07, 6.45) is 3.14. The number of methoxy groups -OCH3 is 1. The van der Waals surface area contributed by atoms with Crippen LogP contribution >= 0.6 is 0 Å². The van der Waals surface area contributed by atoms with Crippen molar-refractivity contribution in [3.63, 3.8) is 0 Å². The summed E-state index contributed by atoms with van der Waals surface area (Å²) in [6, 6.07) is 7.96. The third-order valence-corrected chi connectivity index (χ3v) is 5.95. The molecule has 2 rings (SSSR count). The van der Waals surface area contributed by atoms with Crippen LogP contribution in [0.4, 0.5) is 0 Å². The molecule has 0 aliphatic carbocycles. The fraction of sp³-hybridized carbons (Fsp3) is 0.682. The molecule has 4 heteroatoms. The smallest absolute Gasteiger partial charge is 0.219 e. The van der Waals surface area contributed by atoms with Gasteiger partial charge in [0.25, 0.3) is 0 Å². The van der Waals surface area contributed by atoms with Crippen molar-refractivity contribution in [1.29, 1.82) is 0 Å². The molecule has 0 N–H and O–H groups in total. The molecule has 0 spiro atoms. The predicted octanol–water partition coefficient (Wildman–Crippen LogP) is 4.67. The minimum Gasteiger partial charge on any atom is -0.497 e. The van der Waals surface area contributed by atoms with Crippen LogP contribution < -0.4 is 4.74 Å². The van der Waals surface area contributed by atoms with Gasteiger partial charge in [-0.3, -0.25) is 4.79 Å². The largest absolute Gasteiger partial charge is 0.497 e. The molecular weight excluding hydrogens is 326 g/mol. The summed E-state index contributed by atoms with van der Waals surface area (Å²) in [5.41, 5.74) is 1.28. The molecule has 1 heterocycles. The highest BCUT2D eigenvalue weighted by molar-refractivity contribution is 5.73. The Labute approximate surface area is 158 Å². The van der Waals surface area contributed by atoms with E-state index >= 15 is 0 Å². The van der Waals surface area contributed by atoms with E-state index in [4.69, 9.17) is 9.47 Å². The number of hydrogen-bond acceptors (Lipinski definition) is 3. The molecule has 1 amide bonds. The molecule has 146 valence electrons. The van der Waals surface area contributed by atoms with Gasteiger partial charge in [-0.15, -0.1) is 0 Å². The monoisotopic (exact) mass is 361 g/mol. The summed E-state index contributed by atoms with van der Waals surface area (Å²) in [5, 5.41) is 0. The molecular formula is C22H35NO3. The maximum absolute atomic E-state index is 12.2. The zero-order chi connectivity index (χ0) is 19.4. The molecule has 1 aromatic carbocycles. The van der Waals surface area contributed by atoms with Crippen molar-refractivity contribution < 1.29 is 14.3 Å². The third-order valence-electron chi connectivity index (χ3n) is 5.95. The Morgan fingerprint density at radius 1 is 1.27 bits per heavy atom. The molecule has 0 radical (unpaired) electrons. The Kier molecular flexibility index (Phi) is 6.73. The van der Waals surface area contributed by atoms with E-state index in [-0.39, 0.29) is 16.9 Å². The lowest BCUT2D eigenvalue weighted by Crippen LogP contribution is -2.46. The van der Waals surface area contributed by atoms with Crippen LogP contribution in [0.5, 0.6) is 5.75 Å². The number of carbonyl (C=O) groups is 1. The second-order valence-electron chi connectivity index (χ2n) is 8.59. The van der Waals surface area contributed by atoms with E-state index in [1.165, 1.54) is 0 Å². The fourth-order valence-electron chi connectivity index (χ4n) is 4.17. The number of ether oxygens (including phenoxy) is 2. The van der Waals surface area contributed by atoms with Crippen LogP contribution in [0.25, 0.3) is 0 Å². The van der Waals surface area contributed by atoms with Crippen LogP contribution in [0, 0.1) is 11.3 Å². The second kappa shape index (κ2) is 8.43. The first kappa shape index (κ1) is 20.8. The molecule has 1 unspecified atom stereocenters. The molecule has 1 aromatic rings. The van der Waals surface area contributed by atoms with E-state index in [1.54, 1.807) is 14.0 Å². The van der Waals surface area contributed by atoms with Crippen LogP contribution in [-0.2, 0) is 16.1 Å². The molecule has 1 fully saturated rings. The van der Waals surface area contributed by atoms with Crippen LogP contribution in [0.1, 0.15) is 59.4 Å². The Bertz CT molecular complexity index is 594. The highest BCUT2D eigenvalue weighted by atomic mass is 16.5. The first-order chi connectivity index (χ1) is 12.2. The second-order valence-corrected chi connectivity index (χ2v) is 8.59. The highest BCUT2D eigenvalue weighted by Gasteiger charge is 2.42. The van der Waals surface area contributed by atoms with Crippen molar-refractivity contribution in [1.82, 2.24) is 4.90 Å². The first-order valence-electron chi connectivity index (χ1n) is 9.70. The molecule has 4 nitrogen and oxygen atoms in total. The summed E-state index contributed by atoms with van der Waals surface area (Å²) in [4.78, 5) is 14.2. The van der Waals surface area contributed by atoms with Gasteiger partial charge in [0.1, 0.15) is 5.75 Å². The zero-order valence-corrected chi connectivity index (χ0v) is 17.3. The third kappa shape index (κ3) is 5.23. The van der Waals surface area contributed by atoms with Crippen molar-refractivity contribution in [3.8, 4) is 5.75 Å². The molecule has 1 aliphatic rings. The zero-order valence-electron chi connectivity index (χ0n) is 17.3. The van der Waals surface area contributed by atoms with Crippen LogP contribution in [0.3, 0.4) is 0 Å². The molecule has 26 heavy (non-hydrogen) atoms. The topological polar surface area (TPSA) is 38.8 Å². The Morgan fingerprint density at radius 3 is 2.42 bits per heavy atom. The average molecular weight is 362 g/mol. The van der Waals surface area contributed by atoms with Gasteiger partial charge < -0.3 is 14.4 Å². The predicted molar refractivity (Wildman–Crippen MR) is 105 cm³/mol. The highest BCUT2D eigenvalue weighted by Crippen LogP contribution is 2.46. The van der Waals surface area contributed by atoms with Crippen molar-refractivity contribution in [2.45, 2.75) is 66.0 Å². The Hall–Kier alpha value is -1.55. The number of amides is 1. The quantitative estimate of drug-likeness (QED) is 0.709. The summed E-state index contributed by atoms with van der Waals surface area (Å²) < 4.78 is 11.2. The van der Waals surface area contributed by atoms with E-state index in [9.17, 15) is 4.79 Å². The average Bonchev–Trinajstić information content (AvgIpc) is 2.57. The number of hydrogen-bond donors (Lipinski definition) is 0. The first-order valence-corrected chi connectivity index (χ1v) is 9.70. The van der Waals surface area contributed by atoms with Crippen LogP contribution in [0.15, 0.2) is 24.3 Å². The lowest BCUT2D eigenvalue weighted by molar-refractivity contribution is -0.134. The van der Waals surface area contributed by atoms with Gasteiger partial charge in [-0.2, -0.15) is 0 Å². The normalized spacial score (nSPS) is 22.3. The number of carbonyl (C=O) groups excluding carboxylic acids is 1. The van der Waals surface area contributed by atoms with Crippen LogP contribution in [-0.4, -0.2) is 36.7 Å². The van der Waals surface area contributed by atoms with Crippen molar-refractivity contribution >= 4 is 5.91 Å². The maximum atomic E-state index is 12.2. The van der Waals surface area contributed by atoms with Gasteiger partial charge in [0.2, 0.25) is 5.91 Å². The van der Waals surface area contributed by atoms with E-state index in [2.05, 4.69) is 27.7 Å². The van der Waals surface area contributed by atoms with E-state index in [0.29, 0.717) is 12.5 Å². The fourth-order valence-corrected chi connectivity index (χ4v) is 4.17. The van der Waals surface area contributed by atoms with Gasteiger partial charge in [-0.25, -0.2) is 0 Å². The van der Waals surface area contributed by atoms with Crippen molar-refractivity contribution in [2.24, 2.45) is 11.3 Å². The van der Waals surface area contributed by atoms with Gasteiger partial charge in [-0.1, -0.05) is 26.0 Å². The van der Waals surface area contributed by atoms with Gasteiger partial charge in [0, 0.05) is 26.6 Å². The summed E-state index contributed by atoms with van der Waals surface area (Å²) in [7, 11) is 1.66. The van der Waals surface area contributed by atoms with Gasteiger partial charge in [0.05, 0.1) is 12.7 Å². The number of nitrogens with zero attached hydrogens (tertiary/aromatic N) is 1. The lowest BCUT2D eigenvalue weighted by Gasteiger charge is -2.48. The van der Waals surface area contributed by atoms with Crippen molar-refractivity contribution in [2.75, 3.05) is 20.3 Å². The molecule has 0 saturated carbocycles. The van der Waals surface area contributed by atoms with E-state index in [1.807, 2.05) is 29.2 Å². The van der Waals surface area contributed by atoms with Gasteiger partial charge >= 0.3 is 0 Å². The summed E-state index contributed by atoms with van der Waals surface area (Å²) in [5.74, 6) is 1.54. The van der Waals surface area contributed by atoms with Gasteiger partial charge in [-0.05, 0) is 62.1 Å². The van der Waals surface area contributed by atoms with E-state index < -0.39 is 0 Å². The minimum atomic E-state index is -0.0838. The Balaban J connectivity index is 2.07. The van der Waals surface area contributed by atoms with Crippen LogP contribution in [0.2, 0.25) is 0 Å². The summed E-state index contributed by atoms with van der Waals surface area (Å²) in [6.45, 7) is 12.9.